The maximum absolute atomic E-state index is 9.72. The maximum Gasteiger partial charge on any atom is 0.119 e. The highest BCUT2D eigenvalue weighted by Crippen LogP contribution is 2.48. The molecule has 4 heterocycles. The van der Waals surface area contributed by atoms with E-state index in [1.807, 2.05) is 49.5 Å². The first-order valence-corrected chi connectivity index (χ1v) is 15.2. The lowest BCUT2D eigenvalue weighted by molar-refractivity contribution is 0.415. The molecule has 3 N–H and O–H groups in total. The summed E-state index contributed by atoms with van der Waals surface area (Å²) in [5.41, 5.74) is 9.68. The molecule has 4 aromatic carbocycles. The van der Waals surface area contributed by atoms with E-state index in [1.54, 1.807) is 48.8 Å². The van der Waals surface area contributed by atoms with Crippen LogP contribution >= 0.6 is 23.5 Å². The molecule has 214 valence electrons. The molecule has 0 unspecified atom stereocenters. The van der Waals surface area contributed by atoms with E-state index >= 15 is 0 Å². The molecule has 0 radical (unpaired) electrons. The predicted molar refractivity (Wildman–Crippen MR) is 174 cm³/mol. The fourth-order valence-corrected chi connectivity index (χ4v) is 8.30. The van der Waals surface area contributed by atoms with Crippen molar-refractivity contribution in [1.82, 2.24) is 9.13 Å². The van der Waals surface area contributed by atoms with Crippen LogP contribution in [0, 0.1) is 0 Å². The monoisotopic (exact) mass is 596 g/mol. The molecule has 6 nitrogen and oxygen atoms in total. The number of nitrogens with zero attached hydrogens (tertiary/aromatic N) is 2. The van der Waals surface area contributed by atoms with Gasteiger partial charge in [-0.3, -0.25) is 0 Å². The smallest absolute Gasteiger partial charge is 0.119 e. The molecule has 8 rings (SSSR count). The molecule has 0 atom stereocenters. The number of aryl methyl sites for hydroxylation is 2. The molecule has 2 aromatic heterocycles. The van der Waals surface area contributed by atoms with Crippen molar-refractivity contribution in [2.75, 3.05) is 7.11 Å². The van der Waals surface area contributed by atoms with Crippen molar-refractivity contribution < 1.29 is 20.1 Å². The minimum absolute atomic E-state index is 0. The zero-order valence-electron chi connectivity index (χ0n) is 22.8. The van der Waals surface area contributed by atoms with Gasteiger partial charge in [0.1, 0.15) is 23.0 Å². The van der Waals surface area contributed by atoms with Crippen LogP contribution in [0.1, 0.15) is 18.6 Å². The lowest BCUT2D eigenvalue weighted by Crippen LogP contribution is -1.99. The van der Waals surface area contributed by atoms with E-state index in [1.165, 1.54) is 39.0 Å². The molecule has 6 aromatic rings. The molecule has 0 fully saturated rings. The Morgan fingerprint density at radius 2 is 1.07 bits per heavy atom. The number of thioether (sulfide) groups is 2. The number of aromatic nitrogens is 2. The third kappa shape index (κ3) is 4.37. The Bertz CT molecular complexity index is 2010. The Balaban J connectivity index is 0.000000147. The van der Waals surface area contributed by atoms with Crippen molar-refractivity contribution >= 4 is 45.3 Å². The number of rotatable bonds is 1. The third-order valence-corrected chi connectivity index (χ3v) is 10.1. The SMILES string of the molecule is C.COc1ccc2c(c1)c1c(n2C)-c2ccc(O)cc2SC1.Cn1c2c(c3cc(O)ccc31)CSc1cc(O)ccc1-2. The molecular formula is C34H32N2O4S2. The number of fused-ring (bicyclic) bond motifs is 10. The molecule has 0 amide bonds. The first kappa shape index (κ1) is 28.0. The third-order valence-electron chi connectivity index (χ3n) is 7.98. The van der Waals surface area contributed by atoms with Gasteiger partial charge in [-0.1, -0.05) is 7.43 Å². The molecule has 8 heteroatoms. The fourth-order valence-electron chi connectivity index (χ4n) is 6.07. The van der Waals surface area contributed by atoms with Gasteiger partial charge in [0.2, 0.25) is 0 Å². The summed E-state index contributed by atoms with van der Waals surface area (Å²) < 4.78 is 9.76. The normalized spacial score (nSPS) is 12.8. The second kappa shape index (κ2) is 10.6. The number of ether oxygens (including phenoxy) is 1. The summed E-state index contributed by atoms with van der Waals surface area (Å²) in [7, 11) is 5.84. The van der Waals surface area contributed by atoms with Crippen LogP contribution in [0.5, 0.6) is 23.0 Å². The zero-order valence-corrected chi connectivity index (χ0v) is 24.4. The molecule has 0 saturated heterocycles. The topological polar surface area (TPSA) is 79.8 Å². The van der Waals surface area contributed by atoms with E-state index in [9.17, 15) is 15.3 Å². The Hall–Kier alpha value is -4.14. The first-order chi connectivity index (χ1) is 19.8. The van der Waals surface area contributed by atoms with Crippen LogP contribution in [-0.2, 0) is 25.6 Å². The number of hydrogen-bond donors (Lipinski definition) is 3. The number of phenolic OH excluding ortho intramolecular Hbond substituents is 3. The van der Waals surface area contributed by atoms with E-state index in [0.717, 1.165) is 43.5 Å². The Kier molecular flexibility index (Phi) is 7.07. The largest absolute Gasteiger partial charge is 0.508 e. The first-order valence-electron chi connectivity index (χ1n) is 13.2. The van der Waals surface area contributed by atoms with Crippen LogP contribution in [0.2, 0.25) is 0 Å². The molecule has 0 aliphatic carbocycles. The Labute approximate surface area is 253 Å². The second-order valence-corrected chi connectivity index (χ2v) is 12.3. The maximum atomic E-state index is 9.72. The van der Waals surface area contributed by atoms with Gasteiger partial charge in [-0.05, 0) is 83.9 Å². The fraction of sp³-hybridized carbons (Fsp3) is 0.176. The predicted octanol–water partition coefficient (Wildman–Crippen LogP) is 8.66. The number of hydrogen-bond acceptors (Lipinski definition) is 6. The van der Waals surface area contributed by atoms with Crippen LogP contribution < -0.4 is 4.74 Å². The summed E-state index contributed by atoms with van der Waals surface area (Å²) >= 11 is 3.50. The lowest BCUT2D eigenvalue weighted by Gasteiger charge is -2.18. The quantitative estimate of drug-likeness (QED) is 0.176. The molecule has 0 bridgehead atoms. The van der Waals surface area contributed by atoms with Gasteiger partial charge in [0, 0.05) is 68.3 Å². The number of methoxy groups -OCH3 is 1. The van der Waals surface area contributed by atoms with E-state index in [-0.39, 0.29) is 7.43 Å². The van der Waals surface area contributed by atoms with Gasteiger partial charge in [0.15, 0.2) is 0 Å². The van der Waals surface area contributed by atoms with Crippen molar-refractivity contribution in [1.29, 1.82) is 0 Å². The summed E-state index contributed by atoms with van der Waals surface area (Å²) in [5.74, 6) is 3.58. The number of aromatic hydroxyl groups is 3. The Morgan fingerprint density at radius 3 is 1.60 bits per heavy atom. The average Bonchev–Trinajstić information content (AvgIpc) is 3.43. The van der Waals surface area contributed by atoms with E-state index < -0.39 is 0 Å². The molecule has 42 heavy (non-hydrogen) atoms. The summed E-state index contributed by atoms with van der Waals surface area (Å²) in [4.78, 5) is 2.24. The standard InChI is InChI=1S/C17H15NO2S.C16H13NO2S.CH4/c1-18-15-6-4-11(20-2)8-13(15)14-9-21-16-7-10(19)3-5-12(16)17(14)18;1-17-14-5-3-9(18)6-12(14)13-8-20-15-7-10(19)2-4-11(15)16(13)17;/h3-8,19H,9H2,1-2H3;2-7,18-19H,8H2,1H3;1H4. The minimum atomic E-state index is 0. The van der Waals surface area contributed by atoms with E-state index in [0.29, 0.717) is 17.2 Å². The lowest BCUT2D eigenvalue weighted by atomic mass is 10.1. The highest BCUT2D eigenvalue weighted by molar-refractivity contribution is 7.99. The molecule has 0 spiro atoms. The second-order valence-electron chi connectivity index (χ2n) is 10.3. The van der Waals surface area contributed by atoms with Crippen LogP contribution in [-0.4, -0.2) is 31.6 Å². The van der Waals surface area contributed by atoms with Crippen LogP contribution in [0.15, 0.2) is 82.6 Å². The number of benzene rings is 4. The average molecular weight is 597 g/mol. The van der Waals surface area contributed by atoms with Crippen molar-refractivity contribution in [2.45, 2.75) is 28.7 Å². The van der Waals surface area contributed by atoms with Crippen LogP contribution in [0.25, 0.3) is 44.3 Å². The van der Waals surface area contributed by atoms with Gasteiger partial charge in [-0.2, -0.15) is 0 Å². The van der Waals surface area contributed by atoms with E-state index in [2.05, 4.69) is 28.3 Å². The number of phenols is 3. The molecular weight excluding hydrogens is 565 g/mol. The summed E-state index contributed by atoms with van der Waals surface area (Å²) in [6.45, 7) is 0. The molecule has 0 saturated carbocycles. The molecule has 2 aliphatic heterocycles. The van der Waals surface area contributed by atoms with Crippen molar-refractivity contribution in [3.05, 3.63) is 83.9 Å². The molecule has 2 aliphatic rings. The van der Waals surface area contributed by atoms with Crippen LogP contribution in [0.3, 0.4) is 0 Å². The van der Waals surface area contributed by atoms with Gasteiger partial charge in [-0.15, -0.1) is 23.5 Å². The van der Waals surface area contributed by atoms with Gasteiger partial charge < -0.3 is 29.2 Å². The van der Waals surface area contributed by atoms with Crippen molar-refractivity contribution in [2.24, 2.45) is 14.1 Å². The summed E-state index contributed by atoms with van der Waals surface area (Å²) in [6.07, 6.45) is 0. The summed E-state index contributed by atoms with van der Waals surface area (Å²) in [5, 5.41) is 31.4. The van der Waals surface area contributed by atoms with Crippen LogP contribution in [0.4, 0.5) is 0 Å². The van der Waals surface area contributed by atoms with Gasteiger partial charge in [0.05, 0.1) is 18.5 Å². The van der Waals surface area contributed by atoms with Gasteiger partial charge >= 0.3 is 0 Å². The van der Waals surface area contributed by atoms with E-state index in [4.69, 9.17) is 4.74 Å². The van der Waals surface area contributed by atoms with Crippen molar-refractivity contribution in [3.8, 4) is 45.5 Å². The Morgan fingerprint density at radius 1 is 0.619 bits per heavy atom. The highest BCUT2D eigenvalue weighted by atomic mass is 32.2. The van der Waals surface area contributed by atoms with Gasteiger partial charge in [0.25, 0.3) is 0 Å². The highest BCUT2D eigenvalue weighted by Gasteiger charge is 2.25. The van der Waals surface area contributed by atoms with Crippen molar-refractivity contribution in [3.63, 3.8) is 0 Å². The minimum Gasteiger partial charge on any atom is -0.508 e. The zero-order chi connectivity index (χ0) is 28.4. The summed E-state index contributed by atoms with van der Waals surface area (Å²) in [6, 6.07) is 22.8. The van der Waals surface area contributed by atoms with Gasteiger partial charge in [-0.25, -0.2) is 0 Å².